The monoisotopic (exact) mass is 384 g/mol. The van der Waals surface area contributed by atoms with Crippen molar-refractivity contribution in [3.05, 3.63) is 49.8 Å². The van der Waals surface area contributed by atoms with Gasteiger partial charge in [-0.25, -0.2) is 0 Å². The molecule has 0 saturated heterocycles. The van der Waals surface area contributed by atoms with Crippen LogP contribution in [0, 0.1) is 0 Å². The summed E-state index contributed by atoms with van der Waals surface area (Å²) < 4.78 is 0. The minimum Gasteiger partial charge on any atom is -0.365 e. The van der Waals surface area contributed by atoms with Crippen LogP contribution >= 0.6 is 34.5 Å². The topological polar surface area (TPSA) is 76.6 Å². The van der Waals surface area contributed by atoms with E-state index in [1.807, 2.05) is 0 Å². The van der Waals surface area contributed by atoms with Crippen LogP contribution in [-0.2, 0) is 13.0 Å². The van der Waals surface area contributed by atoms with Gasteiger partial charge in [0.25, 0.3) is 11.8 Å². The summed E-state index contributed by atoms with van der Waals surface area (Å²) in [5, 5.41) is 4.02. The maximum Gasteiger partial charge on any atom is 0.256 e. The molecule has 1 aromatic carbocycles. The average Bonchev–Trinajstić information content (AvgIpc) is 2.83. The number of halogens is 2. The van der Waals surface area contributed by atoms with Crippen molar-refractivity contribution >= 4 is 51.4 Å². The lowest BCUT2D eigenvalue weighted by atomic mass is 10.0. The van der Waals surface area contributed by atoms with E-state index >= 15 is 0 Å². The average molecular weight is 385 g/mol. The van der Waals surface area contributed by atoms with Gasteiger partial charge in [0.2, 0.25) is 0 Å². The molecular formula is C16H16Cl2N3O2S+. The van der Waals surface area contributed by atoms with Crippen molar-refractivity contribution in [2.45, 2.75) is 13.0 Å². The second-order valence-corrected chi connectivity index (χ2v) is 7.80. The van der Waals surface area contributed by atoms with Crippen LogP contribution in [0.1, 0.15) is 31.2 Å². The molecule has 24 heavy (non-hydrogen) atoms. The molecule has 1 aliphatic rings. The highest BCUT2D eigenvalue weighted by Crippen LogP contribution is 2.34. The SMILES string of the molecule is C[NH+]1CCc2c(sc(NC(=O)c3cc(Cl)cc(Cl)c3)c2C(N)=O)C1. The summed E-state index contributed by atoms with van der Waals surface area (Å²) in [7, 11) is 2.10. The van der Waals surface area contributed by atoms with E-state index in [9.17, 15) is 9.59 Å². The van der Waals surface area contributed by atoms with Gasteiger partial charge in [-0.3, -0.25) is 9.59 Å². The fourth-order valence-electron chi connectivity index (χ4n) is 2.83. The predicted octanol–water partition coefficient (Wildman–Crippen LogP) is 1.98. The van der Waals surface area contributed by atoms with E-state index in [4.69, 9.17) is 28.9 Å². The minimum absolute atomic E-state index is 0.331. The summed E-state index contributed by atoms with van der Waals surface area (Å²) in [4.78, 5) is 26.8. The summed E-state index contributed by atoms with van der Waals surface area (Å²) in [6, 6.07) is 4.60. The second kappa shape index (κ2) is 6.72. The van der Waals surface area contributed by atoms with Crippen molar-refractivity contribution in [3.8, 4) is 0 Å². The normalized spacial score (nSPS) is 16.5. The maximum absolute atomic E-state index is 12.5. The number of rotatable bonds is 3. The maximum atomic E-state index is 12.5. The third-order valence-corrected chi connectivity index (χ3v) is 5.54. The Morgan fingerprint density at radius 3 is 2.54 bits per heavy atom. The van der Waals surface area contributed by atoms with Crippen molar-refractivity contribution in [2.75, 3.05) is 18.9 Å². The standard InChI is InChI=1S/C16H15Cl2N3O2S/c1-21-3-2-11-12(7-21)24-16(13(11)14(19)22)20-15(23)8-4-9(17)6-10(18)5-8/h4-6H,2-3,7H2,1H3,(H2,19,22)(H,20,23)/p+1. The molecule has 126 valence electrons. The Hall–Kier alpha value is -1.60. The van der Waals surface area contributed by atoms with Crippen LogP contribution in [0.4, 0.5) is 5.00 Å². The van der Waals surface area contributed by atoms with Gasteiger partial charge in [-0.05, 0) is 23.8 Å². The summed E-state index contributed by atoms with van der Waals surface area (Å²) in [5.41, 5.74) is 7.25. The lowest BCUT2D eigenvalue weighted by molar-refractivity contribution is -0.895. The van der Waals surface area contributed by atoms with Crippen molar-refractivity contribution in [1.82, 2.24) is 0 Å². The molecule has 0 aliphatic carbocycles. The number of anilines is 1. The third kappa shape index (κ3) is 3.42. The van der Waals surface area contributed by atoms with Crippen LogP contribution < -0.4 is 16.0 Å². The molecule has 2 aromatic rings. The van der Waals surface area contributed by atoms with Gasteiger partial charge < -0.3 is 16.0 Å². The largest absolute Gasteiger partial charge is 0.365 e. The molecule has 2 amide bonds. The first kappa shape index (κ1) is 17.2. The van der Waals surface area contributed by atoms with E-state index in [1.165, 1.54) is 28.4 Å². The number of fused-ring (bicyclic) bond motifs is 1. The number of benzene rings is 1. The summed E-state index contributed by atoms with van der Waals surface area (Å²) in [5.74, 6) is -0.896. The van der Waals surface area contributed by atoms with Crippen LogP contribution in [-0.4, -0.2) is 25.4 Å². The Morgan fingerprint density at radius 1 is 1.25 bits per heavy atom. The number of nitrogens with one attached hydrogen (secondary N) is 2. The number of nitrogens with two attached hydrogens (primary N) is 1. The first-order valence-electron chi connectivity index (χ1n) is 7.38. The molecular weight excluding hydrogens is 369 g/mol. The quantitative estimate of drug-likeness (QED) is 0.756. The summed E-state index contributed by atoms with van der Waals surface area (Å²) in [6.07, 6.45) is 0.773. The molecule has 2 heterocycles. The van der Waals surface area contributed by atoms with E-state index in [0.717, 1.165) is 30.0 Å². The molecule has 1 aromatic heterocycles. The van der Waals surface area contributed by atoms with E-state index in [1.54, 1.807) is 6.07 Å². The van der Waals surface area contributed by atoms with Crippen LogP contribution in [0.25, 0.3) is 0 Å². The zero-order valence-electron chi connectivity index (χ0n) is 12.9. The molecule has 0 spiro atoms. The number of primary amides is 1. The number of quaternary nitrogens is 1. The fourth-order valence-corrected chi connectivity index (χ4v) is 4.72. The molecule has 8 heteroatoms. The van der Waals surface area contributed by atoms with Gasteiger partial charge in [-0.1, -0.05) is 23.2 Å². The Labute approximate surface area is 153 Å². The van der Waals surface area contributed by atoms with Crippen LogP contribution in [0.3, 0.4) is 0 Å². The first-order chi connectivity index (χ1) is 11.3. The van der Waals surface area contributed by atoms with Gasteiger partial charge in [0.1, 0.15) is 11.5 Å². The Bertz CT molecular complexity index is 815. The Balaban J connectivity index is 1.95. The highest BCUT2D eigenvalue weighted by atomic mass is 35.5. The van der Waals surface area contributed by atoms with Gasteiger partial charge in [0, 0.05) is 22.0 Å². The van der Waals surface area contributed by atoms with E-state index in [0.29, 0.717) is 26.2 Å². The van der Waals surface area contributed by atoms with E-state index in [-0.39, 0.29) is 5.91 Å². The molecule has 0 fully saturated rings. The molecule has 1 aliphatic heterocycles. The number of carbonyl (C=O) groups is 2. The molecule has 4 N–H and O–H groups in total. The van der Waals surface area contributed by atoms with Crippen molar-refractivity contribution in [2.24, 2.45) is 5.73 Å². The third-order valence-electron chi connectivity index (χ3n) is 3.95. The van der Waals surface area contributed by atoms with Crippen molar-refractivity contribution < 1.29 is 14.5 Å². The molecule has 0 saturated carbocycles. The lowest BCUT2D eigenvalue weighted by Gasteiger charge is -2.19. The van der Waals surface area contributed by atoms with Crippen molar-refractivity contribution in [1.29, 1.82) is 0 Å². The number of thiophene rings is 1. The van der Waals surface area contributed by atoms with Crippen LogP contribution in [0.5, 0.6) is 0 Å². The van der Waals surface area contributed by atoms with Gasteiger partial charge in [0.15, 0.2) is 0 Å². The number of hydrogen-bond donors (Lipinski definition) is 3. The number of likely N-dealkylation sites (N-methyl/N-ethyl adjacent to an activating group) is 1. The minimum atomic E-state index is -0.522. The lowest BCUT2D eigenvalue weighted by Crippen LogP contribution is -3.08. The van der Waals surface area contributed by atoms with E-state index in [2.05, 4.69) is 12.4 Å². The summed E-state index contributed by atoms with van der Waals surface area (Å²) >= 11 is 13.3. The molecule has 3 rings (SSSR count). The number of hydrogen-bond acceptors (Lipinski definition) is 3. The Morgan fingerprint density at radius 2 is 1.92 bits per heavy atom. The van der Waals surface area contributed by atoms with Gasteiger partial charge in [0.05, 0.1) is 24.0 Å². The molecule has 1 unspecified atom stereocenters. The molecule has 0 bridgehead atoms. The second-order valence-electron chi connectivity index (χ2n) is 5.82. The van der Waals surface area contributed by atoms with Gasteiger partial charge in [-0.2, -0.15) is 0 Å². The molecule has 1 atom stereocenters. The highest BCUT2D eigenvalue weighted by Gasteiger charge is 2.28. The summed E-state index contributed by atoms with van der Waals surface area (Å²) in [6.45, 7) is 1.75. The molecule has 5 nitrogen and oxygen atoms in total. The van der Waals surface area contributed by atoms with Crippen LogP contribution in [0.2, 0.25) is 10.0 Å². The van der Waals surface area contributed by atoms with Crippen LogP contribution in [0.15, 0.2) is 18.2 Å². The van der Waals surface area contributed by atoms with E-state index < -0.39 is 5.91 Å². The first-order valence-corrected chi connectivity index (χ1v) is 8.95. The Kier molecular flexibility index (Phi) is 4.83. The zero-order valence-corrected chi connectivity index (χ0v) is 15.2. The number of amides is 2. The highest BCUT2D eigenvalue weighted by molar-refractivity contribution is 7.17. The number of carbonyl (C=O) groups excluding carboxylic acids is 2. The smallest absolute Gasteiger partial charge is 0.256 e. The van der Waals surface area contributed by atoms with Crippen molar-refractivity contribution in [3.63, 3.8) is 0 Å². The zero-order chi connectivity index (χ0) is 17.4. The predicted molar refractivity (Wildman–Crippen MR) is 96.4 cm³/mol. The van der Waals surface area contributed by atoms with Gasteiger partial charge in [-0.15, -0.1) is 11.3 Å². The van der Waals surface area contributed by atoms with Gasteiger partial charge >= 0.3 is 0 Å². The molecule has 0 radical (unpaired) electrons. The fraction of sp³-hybridized carbons (Fsp3) is 0.250.